The summed E-state index contributed by atoms with van der Waals surface area (Å²) in [5.41, 5.74) is 4.83. The highest BCUT2D eigenvalue weighted by Gasteiger charge is 2.23. The Bertz CT molecular complexity index is 1290. The minimum atomic E-state index is -0.268. The lowest BCUT2D eigenvalue weighted by molar-refractivity contribution is -0.131. The first-order valence-corrected chi connectivity index (χ1v) is 10.8. The van der Waals surface area contributed by atoms with Gasteiger partial charge in [-0.05, 0) is 42.2 Å². The average molecular weight is 429 g/mol. The maximum absolute atomic E-state index is 15.6. The van der Waals surface area contributed by atoms with E-state index in [9.17, 15) is 4.79 Å². The molecule has 5 rings (SSSR count). The summed E-state index contributed by atoms with van der Waals surface area (Å²) in [6.07, 6.45) is 6.42. The van der Waals surface area contributed by atoms with Crippen LogP contribution >= 0.6 is 0 Å². The number of H-pyrrole nitrogens is 1. The molecule has 1 N–H and O–H groups in total. The van der Waals surface area contributed by atoms with Gasteiger partial charge in [-0.1, -0.05) is 41.6 Å². The number of aromatic amines is 1. The summed E-state index contributed by atoms with van der Waals surface area (Å²) >= 11 is 0. The molecule has 0 aliphatic carbocycles. The number of aromatic nitrogens is 4. The quantitative estimate of drug-likeness (QED) is 0.505. The lowest BCUT2D eigenvalue weighted by atomic mass is 9.93. The van der Waals surface area contributed by atoms with E-state index in [1.54, 1.807) is 22.0 Å². The summed E-state index contributed by atoms with van der Waals surface area (Å²) in [5.74, 6) is -0.234. The molecule has 0 radical (unpaired) electrons. The van der Waals surface area contributed by atoms with Gasteiger partial charge in [-0.2, -0.15) is 0 Å². The van der Waals surface area contributed by atoms with Crippen LogP contribution in [0, 0.1) is 12.7 Å². The topological polar surface area (TPSA) is 66.8 Å². The zero-order chi connectivity index (χ0) is 22.1. The van der Waals surface area contributed by atoms with Gasteiger partial charge in [0, 0.05) is 42.4 Å². The van der Waals surface area contributed by atoms with E-state index < -0.39 is 0 Å². The zero-order valence-electron chi connectivity index (χ0n) is 17.9. The predicted molar refractivity (Wildman–Crippen MR) is 122 cm³/mol. The lowest BCUT2D eigenvalue weighted by Crippen LogP contribution is -2.36. The van der Waals surface area contributed by atoms with Gasteiger partial charge >= 0.3 is 0 Å². The highest BCUT2D eigenvalue weighted by molar-refractivity contribution is 5.99. The summed E-state index contributed by atoms with van der Waals surface area (Å²) in [6, 6.07) is 13.9. The predicted octanol–water partition coefficient (Wildman–Crippen LogP) is 4.58. The fourth-order valence-corrected chi connectivity index (χ4v) is 4.36. The van der Waals surface area contributed by atoms with Crippen LogP contribution in [-0.2, 0) is 11.3 Å². The number of hydrogen-bond acceptors (Lipinski definition) is 3. The molecule has 1 aliphatic heterocycles. The largest absolute Gasteiger partial charge is 0.356 e. The van der Waals surface area contributed by atoms with E-state index in [2.05, 4.69) is 21.4 Å². The molecule has 2 aromatic carbocycles. The Labute approximate surface area is 185 Å². The molecular formula is C25H24FN5O. The minimum absolute atomic E-state index is 0.0339. The monoisotopic (exact) mass is 429 g/mol. The van der Waals surface area contributed by atoms with Crippen LogP contribution in [0.1, 0.15) is 24.1 Å². The van der Waals surface area contributed by atoms with Gasteiger partial charge in [-0.15, -0.1) is 5.10 Å². The van der Waals surface area contributed by atoms with Crippen LogP contribution < -0.4 is 0 Å². The standard InChI is InChI=1S/C25H24FN5O/c1-17-14-22-20(18-6-3-2-4-7-18)15-21(24(26)25(22)28-17)19-8-5-11-30(16-19)23(32)9-12-31-13-10-27-29-31/h2-4,6-8,10,13-15,28H,5,9,11-12,16H2,1H3. The van der Waals surface area contributed by atoms with Gasteiger partial charge in [0.15, 0.2) is 5.82 Å². The molecule has 0 saturated carbocycles. The Balaban J connectivity index is 1.47. The molecule has 6 nitrogen and oxygen atoms in total. The second-order valence-electron chi connectivity index (χ2n) is 8.14. The first-order chi connectivity index (χ1) is 15.6. The summed E-state index contributed by atoms with van der Waals surface area (Å²) in [6.45, 7) is 3.45. The van der Waals surface area contributed by atoms with Crippen LogP contribution in [-0.4, -0.2) is 43.9 Å². The van der Waals surface area contributed by atoms with E-state index in [4.69, 9.17) is 0 Å². The van der Waals surface area contributed by atoms with E-state index in [0.29, 0.717) is 43.6 Å². The number of halogens is 1. The van der Waals surface area contributed by atoms with Crippen molar-refractivity contribution in [2.75, 3.05) is 13.1 Å². The Hall–Kier alpha value is -3.74. The lowest BCUT2D eigenvalue weighted by Gasteiger charge is -2.28. The van der Waals surface area contributed by atoms with E-state index in [1.165, 1.54) is 0 Å². The van der Waals surface area contributed by atoms with Crippen molar-refractivity contribution in [3.8, 4) is 11.1 Å². The number of nitrogens with zero attached hydrogens (tertiary/aromatic N) is 4. The van der Waals surface area contributed by atoms with Crippen molar-refractivity contribution in [3.05, 3.63) is 78.0 Å². The smallest absolute Gasteiger partial charge is 0.224 e. The van der Waals surface area contributed by atoms with E-state index in [-0.39, 0.29) is 11.7 Å². The van der Waals surface area contributed by atoms with Gasteiger partial charge in [0.05, 0.1) is 18.3 Å². The molecule has 0 spiro atoms. The third kappa shape index (κ3) is 3.82. The summed E-state index contributed by atoms with van der Waals surface area (Å²) in [7, 11) is 0. The molecule has 0 unspecified atom stereocenters. The van der Waals surface area contributed by atoms with Crippen molar-refractivity contribution in [1.29, 1.82) is 0 Å². The maximum atomic E-state index is 15.6. The number of amides is 1. The van der Waals surface area contributed by atoms with Crippen molar-refractivity contribution in [2.24, 2.45) is 0 Å². The number of rotatable bonds is 5. The first kappa shape index (κ1) is 20.2. The van der Waals surface area contributed by atoms with Gasteiger partial charge in [0.1, 0.15) is 0 Å². The van der Waals surface area contributed by atoms with Crippen LogP contribution in [0.2, 0.25) is 0 Å². The molecule has 7 heteroatoms. The third-order valence-corrected chi connectivity index (χ3v) is 5.95. The molecule has 3 heterocycles. The molecule has 1 aliphatic rings. The molecule has 32 heavy (non-hydrogen) atoms. The molecule has 0 bridgehead atoms. The number of carbonyl (C=O) groups is 1. The normalized spacial score (nSPS) is 14.1. The number of benzene rings is 2. The summed E-state index contributed by atoms with van der Waals surface area (Å²) < 4.78 is 17.3. The minimum Gasteiger partial charge on any atom is -0.356 e. The van der Waals surface area contributed by atoms with Crippen LogP contribution in [0.25, 0.3) is 27.6 Å². The van der Waals surface area contributed by atoms with Gasteiger partial charge in [0.25, 0.3) is 0 Å². The molecule has 2 aromatic heterocycles. The molecule has 0 fully saturated rings. The summed E-state index contributed by atoms with van der Waals surface area (Å²) in [5, 5.41) is 8.54. The highest BCUT2D eigenvalue weighted by Crippen LogP contribution is 2.36. The van der Waals surface area contributed by atoms with Crippen molar-refractivity contribution in [2.45, 2.75) is 26.3 Å². The third-order valence-electron chi connectivity index (χ3n) is 5.95. The van der Waals surface area contributed by atoms with Crippen LogP contribution in [0.4, 0.5) is 4.39 Å². The van der Waals surface area contributed by atoms with Crippen molar-refractivity contribution in [3.63, 3.8) is 0 Å². The molecule has 162 valence electrons. The Morgan fingerprint density at radius 1 is 1.19 bits per heavy atom. The molecule has 4 aromatic rings. The number of carbonyl (C=O) groups excluding carboxylic acids is 1. The molecule has 1 amide bonds. The van der Waals surface area contributed by atoms with Gasteiger partial charge in [0.2, 0.25) is 5.91 Å². The number of hydrogen-bond donors (Lipinski definition) is 1. The van der Waals surface area contributed by atoms with Crippen molar-refractivity contribution < 1.29 is 9.18 Å². The Morgan fingerprint density at radius 3 is 2.81 bits per heavy atom. The Morgan fingerprint density at radius 2 is 2.03 bits per heavy atom. The van der Waals surface area contributed by atoms with E-state index in [1.807, 2.05) is 49.4 Å². The number of aryl methyl sites for hydroxylation is 2. The van der Waals surface area contributed by atoms with Crippen LogP contribution in [0.15, 0.2) is 60.9 Å². The van der Waals surface area contributed by atoms with Gasteiger partial charge in [-0.3, -0.25) is 9.48 Å². The fraction of sp³-hybridized carbons (Fsp3) is 0.240. The van der Waals surface area contributed by atoms with Crippen molar-refractivity contribution >= 4 is 22.4 Å². The van der Waals surface area contributed by atoms with Crippen LogP contribution in [0.5, 0.6) is 0 Å². The second kappa shape index (κ2) is 8.42. The SMILES string of the molecule is Cc1cc2c(-c3ccccc3)cc(C3=CCCN(C(=O)CCn4ccnn4)C3)c(F)c2[nH]1. The van der Waals surface area contributed by atoms with Crippen molar-refractivity contribution in [1.82, 2.24) is 24.9 Å². The second-order valence-corrected chi connectivity index (χ2v) is 8.14. The van der Waals surface area contributed by atoms with E-state index >= 15 is 4.39 Å². The molecule has 0 saturated heterocycles. The maximum Gasteiger partial charge on any atom is 0.224 e. The first-order valence-electron chi connectivity index (χ1n) is 10.8. The number of nitrogens with one attached hydrogen (secondary N) is 1. The van der Waals surface area contributed by atoms with Gasteiger partial charge in [-0.25, -0.2) is 4.39 Å². The molecular weight excluding hydrogens is 405 g/mol. The van der Waals surface area contributed by atoms with Crippen LogP contribution in [0.3, 0.4) is 0 Å². The van der Waals surface area contributed by atoms with E-state index in [0.717, 1.165) is 27.8 Å². The summed E-state index contributed by atoms with van der Waals surface area (Å²) in [4.78, 5) is 17.8. The average Bonchev–Trinajstić information content (AvgIpc) is 3.48. The molecule has 0 atom stereocenters. The number of fused-ring (bicyclic) bond motifs is 1. The zero-order valence-corrected chi connectivity index (χ0v) is 17.9. The van der Waals surface area contributed by atoms with Gasteiger partial charge < -0.3 is 9.88 Å². The fourth-order valence-electron chi connectivity index (χ4n) is 4.36. The highest BCUT2D eigenvalue weighted by atomic mass is 19.1. The Kier molecular flexibility index (Phi) is 5.31.